The van der Waals surface area contributed by atoms with Crippen LogP contribution in [0, 0.1) is 23.7 Å². The first-order chi connectivity index (χ1) is 10.2. The van der Waals surface area contributed by atoms with Gasteiger partial charge in [-0.15, -0.1) is 0 Å². The third-order valence-electron chi connectivity index (χ3n) is 5.25. The molecule has 2 heteroatoms. The number of ketones is 2. The van der Waals surface area contributed by atoms with Gasteiger partial charge < -0.3 is 0 Å². The average Bonchev–Trinajstić information content (AvgIpc) is 3.19. The summed E-state index contributed by atoms with van der Waals surface area (Å²) in [4.78, 5) is 24.7. The normalized spacial score (nSPS) is 32.4. The molecular formula is C19H18O2. The van der Waals surface area contributed by atoms with Gasteiger partial charge in [0, 0.05) is 17.9 Å². The van der Waals surface area contributed by atoms with Crippen LogP contribution >= 0.6 is 0 Å². The highest BCUT2D eigenvalue weighted by molar-refractivity contribution is 6.02. The predicted molar refractivity (Wildman–Crippen MR) is 80.8 cm³/mol. The minimum Gasteiger partial charge on any atom is -0.294 e. The fourth-order valence-corrected chi connectivity index (χ4v) is 4.21. The van der Waals surface area contributed by atoms with Crippen LogP contribution < -0.4 is 0 Å². The number of hydrogen-bond acceptors (Lipinski definition) is 2. The largest absolute Gasteiger partial charge is 0.294 e. The van der Waals surface area contributed by atoms with Crippen LogP contribution in [0.2, 0.25) is 0 Å². The van der Waals surface area contributed by atoms with Crippen molar-refractivity contribution < 1.29 is 9.59 Å². The smallest absolute Gasteiger partial charge is 0.163 e. The van der Waals surface area contributed by atoms with Crippen molar-refractivity contribution in [1.29, 1.82) is 0 Å². The van der Waals surface area contributed by atoms with Gasteiger partial charge in [0.2, 0.25) is 0 Å². The third kappa shape index (κ3) is 2.01. The van der Waals surface area contributed by atoms with Crippen molar-refractivity contribution in [2.45, 2.75) is 19.3 Å². The monoisotopic (exact) mass is 278 g/mol. The fraction of sp³-hybridized carbons (Fsp3) is 0.368. The van der Waals surface area contributed by atoms with Gasteiger partial charge in [0.15, 0.2) is 11.6 Å². The highest BCUT2D eigenvalue weighted by atomic mass is 16.1. The maximum Gasteiger partial charge on any atom is 0.163 e. The summed E-state index contributed by atoms with van der Waals surface area (Å²) in [6.07, 6.45) is 8.83. The molecule has 1 aromatic rings. The predicted octanol–water partition coefficient (Wildman–Crippen LogP) is 3.60. The Hall–Kier alpha value is -1.96. The van der Waals surface area contributed by atoms with E-state index in [-0.39, 0.29) is 11.7 Å². The maximum atomic E-state index is 12.5. The van der Waals surface area contributed by atoms with Gasteiger partial charge >= 0.3 is 0 Å². The fourth-order valence-electron chi connectivity index (χ4n) is 4.21. The molecule has 0 radical (unpaired) electrons. The van der Waals surface area contributed by atoms with E-state index in [4.69, 9.17) is 0 Å². The highest BCUT2D eigenvalue weighted by Gasteiger charge is 2.50. The van der Waals surface area contributed by atoms with Crippen LogP contribution in [0.25, 0.3) is 0 Å². The first kappa shape index (κ1) is 12.8. The molecule has 0 N–H and O–H groups in total. The second kappa shape index (κ2) is 4.80. The zero-order chi connectivity index (χ0) is 14.4. The maximum absolute atomic E-state index is 12.5. The number of carbonyl (C=O) groups is 2. The Bertz CT molecular complexity index is 653. The van der Waals surface area contributed by atoms with Gasteiger partial charge in [-0.1, -0.05) is 48.6 Å². The molecule has 0 spiro atoms. The van der Waals surface area contributed by atoms with Gasteiger partial charge in [-0.25, -0.2) is 0 Å². The van der Waals surface area contributed by atoms with E-state index in [2.05, 4.69) is 18.2 Å². The standard InChI is InChI=1S/C19H18O2/c20-17(12-4-2-1-3-5-12)9-8-15-11-16-13-6-7-14(10-13)18(16)19(15)21/h1-7,11,13-14,16,18H,8-10H2. The first-order valence-electron chi connectivity index (χ1n) is 7.75. The van der Waals surface area contributed by atoms with Crippen molar-refractivity contribution in [1.82, 2.24) is 0 Å². The second-order valence-corrected chi connectivity index (χ2v) is 6.40. The van der Waals surface area contributed by atoms with Crippen LogP contribution in [0.1, 0.15) is 29.6 Å². The summed E-state index contributed by atoms with van der Waals surface area (Å²) in [6.45, 7) is 0. The zero-order valence-electron chi connectivity index (χ0n) is 11.9. The van der Waals surface area contributed by atoms with Crippen molar-refractivity contribution in [3.05, 3.63) is 59.7 Å². The molecule has 0 aliphatic heterocycles. The number of benzene rings is 1. The summed E-state index contributed by atoms with van der Waals surface area (Å²) in [7, 11) is 0. The molecule has 21 heavy (non-hydrogen) atoms. The molecule has 4 rings (SSSR count). The molecule has 2 bridgehead atoms. The van der Waals surface area contributed by atoms with Crippen LogP contribution in [0.15, 0.2) is 54.1 Å². The minimum absolute atomic E-state index is 0.127. The molecule has 1 aromatic carbocycles. The van der Waals surface area contributed by atoms with E-state index in [1.165, 1.54) is 0 Å². The molecule has 4 atom stereocenters. The van der Waals surface area contributed by atoms with Crippen molar-refractivity contribution in [3.63, 3.8) is 0 Å². The third-order valence-corrected chi connectivity index (χ3v) is 5.25. The lowest BCUT2D eigenvalue weighted by Gasteiger charge is -2.17. The Morgan fingerprint density at radius 1 is 1.10 bits per heavy atom. The quantitative estimate of drug-likeness (QED) is 0.623. The zero-order valence-corrected chi connectivity index (χ0v) is 11.9. The number of rotatable bonds is 4. The lowest BCUT2D eigenvalue weighted by atomic mass is 9.85. The molecule has 1 saturated carbocycles. The van der Waals surface area contributed by atoms with E-state index in [0.717, 1.165) is 17.6 Å². The van der Waals surface area contributed by atoms with E-state index in [1.807, 2.05) is 30.3 Å². The van der Waals surface area contributed by atoms with Crippen LogP contribution in [0.4, 0.5) is 0 Å². The van der Waals surface area contributed by atoms with Gasteiger partial charge in [0.05, 0.1) is 0 Å². The Kier molecular flexibility index (Phi) is 2.91. The number of carbonyl (C=O) groups excluding carboxylic acids is 2. The Morgan fingerprint density at radius 2 is 1.86 bits per heavy atom. The SMILES string of the molecule is O=C(CCC1=CC2C3C=CC(C3)C2C1=O)c1ccccc1. The van der Waals surface area contributed by atoms with Gasteiger partial charge in [-0.2, -0.15) is 0 Å². The van der Waals surface area contributed by atoms with E-state index >= 15 is 0 Å². The topological polar surface area (TPSA) is 34.1 Å². The molecule has 0 saturated heterocycles. The molecule has 0 amide bonds. The number of allylic oxidation sites excluding steroid dienone is 4. The van der Waals surface area contributed by atoms with Gasteiger partial charge in [-0.3, -0.25) is 9.59 Å². The molecule has 0 aromatic heterocycles. The summed E-state index contributed by atoms with van der Waals surface area (Å²) in [5.74, 6) is 2.04. The van der Waals surface area contributed by atoms with Gasteiger partial charge in [0.1, 0.15) is 0 Å². The molecule has 1 fully saturated rings. The van der Waals surface area contributed by atoms with Crippen molar-refractivity contribution in [2.75, 3.05) is 0 Å². The summed E-state index contributed by atoms with van der Waals surface area (Å²) in [6, 6.07) is 9.34. The minimum atomic E-state index is 0.127. The van der Waals surface area contributed by atoms with E-state index in [0.29, 0.717) is 36.4 Å². The van der Waals surface area contributed by atoms with Crippen LogP contribution in [-0.2, 0) is 4.79 Å². The van der Waals surface area contributed by atoms with E-state index in [9.17, 15) is 9.59 Å². The molecule has 3 aliphatic rings. The molecule has 0 heterocycles. The Morgan fingerprint density at radius 3 is 2.62 bits per heavy atom. The number of Topliss-reactive ketones (excluding diaryl/α,β-unsaturated/α-hetero) is 2. The molecule has 4 unspecified atom stereocenters. The van der Waals surface area contributed by atoms with Crippen molar-refractivity contribution in [2.24, 2.45) is 23.7 Å². The summed E-state index contributed by atoms with van der Waals surface area (Å²) in [5.41, 5.74) is 1.64. The Balaban J connectivity index is 1.44. The number of fused-ring (bicyclic) bond motifs is 5. The van der Waals surface area contributed by atoms with Crippen LogP contribution in [0.3, 0.4) is 0 Å². The van der Waals surface area contributed by atoms with Crippen LogP contribution in [-0.4, -0.2) is 11.6 Å². The van der Waals surface area contributed by atoms with Gasteiger partial charge in [0.25, 0.3) is 0 Å². The first-order valence-corrected chi connectivity index (χ1v) is 7.75. The Labute approximate surface area is 124 Å². The lowest BCUT2D eigenvalue weighted by molar-refractivity contribution is -0.119. The molecule has 2 nitrogen and oxygen atoms in total. The van der Waals surface area contributed by atoms with Crippen molar-refractivity contribution in [3.8, 4) is 0 Å². The lowest BCUT2D eigenvalue weighted by Crippen LogP contribution is -2.21. The molecule has 3 aliphatic carbocycles. The average molecular weight is 278 g/mol. The molecular weight excluding hydrogens is 260 g/mol. The van der Waals surface area contributed by atoms with Gasteiger partial charge in [-0.05, 0) is 36.2 Å². The van der Waals surface area contributed by atoms with E-state index in [1.54, 1.807) is 0 Å². The number of hydrogen-bond donors (Lipinski definition) is 0. The van der Waals surface area contributed by atoms with Crippen LogP contribution in [0.5, 0.6) is 0 Å². The summed E-state index contributed by atoms with van der Waals surface area (Å²) >= 11 is 0. The summed E-state index contributed by atoms with van der Waals surface area (Å²) < 4.78 is 0. The van der Waals surface area contributed by atoms with Crippen molar-refractivity contribution >= 4 is 11.6 Å². The molecule has 106 valence electrons. The second-order valence-electron chi connectivity index (χ2n) is 6.40. The highest BCUT2D eigenvalue weighted by Crippen LogP contribution is 2.53. The van der Waals surface area contributed by atoms with E-state index < -0.39 is 0 Å². The summed E-state index contributed by atoms with van der Waals surface area (Å²) in [5, 5.41) is 0.